The molecule has 4 heteroatoms. The highest BCUT2D eigenvalue weighted by Crippen LogP contribution is 2.28. The van der Waals surface area contributed by atoms with E-state index in [-0.39, 0.29) is 11.3 Å². The van der Waals surface area contributed by atoms with Crippen LogP contribution in [-0.2, 0) is 0 Å². The molecule has 0 aromatic carbocycles. The molecule has 1 fully saturated rings. The van der Waals surface area contributed by atoms with Crippen LogP contribution in [0.4, 0.5) is 0 Å². The van der Waals surface area contributed by atoms with Gasteiger partial charge in [0.15, 0.2) is 0 Å². The van der Waals surface area contributed by atoms with E-state index in [1.807, 2.05) is 17.7 Å². The van der Waals surface area contributed by atoms with Crippen LogP contribution in [0.3, 0.4) is 0 Å². The quantitative estimate of drug-likeness (QED) is 0.837. The van der Waals surface area contributed by atoms with Gasteiger partial charge >= 0.3 is 0 Å². The van der Waals surface area contributed by atoms with Crippen LogP contribution in [0, 0.1) is 12.8 Å². The molecule has 1 aliphatic rings. The third-order valence-corrected chi connectivity index (χ3v) is 4.88. The molecule has 2 unspecified atom stereocenters. The van der Waals surface area contributed by atoms with Crippen molar-refractivity contribution in [1.29, 1.82) is 0 Å². The van der Waals surface area contributed by atoms with Gasteiger partial charge in [0, 0.05) is 17.3 Å². The number of aryl methyl sites for hydroxylation is 1. The van der Waals surface area contributed by atoms with Crippen LogP contribution in [-0.4, -0.2) is 17.8 Å². The van der Waals surface area contributed by atoms with Gasteiger partial charge in [0.2, 0.25) is 0 Å². The lowest BCUT2D eigenvalue weighted by Crippen LogP contribution is -2.34. The minimum Gasteiger partial charge on any atom is -0.352 e. The number of hydrogen-bond donors (Lipinski definition) is 1. The summed E-state index contributed by atoms with van der Waals surface area (Å²) in [6, 6.07) is 0. The lowest BCUT2D eigenvalue weighted by atomic mass is 9.88. The third kappa shape index (κ3) is 3.23. The molecule has 94 valence electrons. The molecule has 0 saturated heterocycles. The molecule has 1 aromatic heterocycles. The van der Waals surface area contributed by atoms with Crippen LogP contribution in [0.5, 0.6) is 0 Å². The largest absolute Gasteiger partial charge is 0.352 e. The van der Waals surface area contributed by atoms with E-state index >= 15 is 0 Å². The van der Waals surface area contributed by atoms with Gasteiger partial charge in [-0.1, -0.05) is 12.8 Å². The molecule has 0 aliphatic heterocycles. The first kappa shape index (κ1) is 12.9. The van der Waals surface area contributed by atoms with E-state index in [1.165, 1.54) is 12.8 Å². The summed E-state index contributed by atoms with van der Waals surface area (Å²) < 4.78 is 0. The molecular formula is C13H18ClNOS. The maximum atomic E-state index is 11.9. The molecule has 1 aromatic rings. The molecule has 0 spiro atoms. The summed E-state index contributed by atoms with van der Waals surface area (Å²) in [4.78, 5) is 11.9. The Bertz CT molecular complexity index is 391. The first-order valence-electron chi connectivity index (χ1n) is 6.13. The van der Waals surface area contributed by atoms with Crippen molar-refractivity contribution in [3.63, 3.8) is 0 Å². The van der Waals surface area contributed by atoms with E-state index in [0.29, 0.717) is 12.5 Å². The number of rotatable bonds is 3. The van der Waals surface area contributed by atoms with Gasteiger partial charge in [-0.25, -0.2) is 0 Å². The molecule has 1 N–H and O–H groups in total. The van der Waals surface area contributed by atoms with Gasteiger partial charge in [0.25, 0.3) is 5.91 Å². The van der Waals surface area contributed by atoms with Gasteiger partial charge in [-0.2, -0.15) is 11.3 Å². The first-order valence-corrected chi connectivity index (χ1v) is 7.51. The summed E-state index contributed by atoms with van der Waals surface area (Å²) in [6.07, 6.45) is 4.68. The summed E-state index contributed by atoms with van der Waals surface area (Å²) in [5.74, 6) is 0.478. The highest BCUT2D eigenvalue weighted by Gasteiger charge is 2.23. The molecule has 2 nitrogen and oxygen atoms in total. The Morgan fingerprint density at radius 3 is 2.88 bits per heavy atom. The molecule has 0 radical (unpaired) electrons. The van der Waals surface area contributed by atoms with Crippen molar-refractivity contribution in [3.05, 3.63) is 21.9 Å². The second-order valence-electron chi connectivity index (χ2n) is 4.74. The highest BCUT2D eigenvalue weighted by molar-refractivity contribution is 7.08. The second kappa shape index (κ2) is 5.87. The van der Waals surface area contributed by atoms with Crippen LogP contribution in [0.1, 0.15) is 41.6 Å². The molecule has 0 bridgehead atoms. The molecule has 2 atom stereocenters. The van der Waals surface area contributed by atoms with Crippen molar-refractivity contribution in [2.24, 2.45) is 5.92 Å². The van der Waals surface area contributed by atoms with Crippen molar-refractivity contribution >= 4 is 28.8 Å². The zero-order chi connectivity index (χ0) is 12.3. The SMILES string of the molecule is Cc1cscc1C(=O)NCC1CCCCC1Cl. The van der Waals surface area contributed by atoms with Gasteiger partial charge in [0.05, 0.1) is 5.56 Å². The normalized spacial score (nSPS) is 24.6. The fraction of sp³-hybridized carbons (Fsp3) is 0.615. The van der Waals surface area contributed by atoms with E-state index in [2.05, 4.69) is 5.32 Å². The number of carbonyl (C=O) groups excluding carboxylic acids is 1. The molecular weight excluding hydrogens is 254 g/mol. The maximum Gasteiger partial charge on any atom is 0.252 e. The molecule has 1 saturated carbocycles. The van der Waals surface area contributed by atoms with Crippen molar-refractivity contribution in [2.45, 2.75) is 38.0 Å². The smallest absolute Gasteiger partial charge is 0.252 e. The Morgan fingerprint density at radius 1 is 1.47 bits per heavy atom. The van der Waals surface area contributed by atoms with Crippen LogP contribution < -0.4 is 5.32 Å². The van der Waals surface area contributed by atoms with E-state index in [0.717, 1.165) is 24.0 Å². The number of hydrogen-bond acceptors (Lipinski definition) is 2. The number of halogens is 1. The summed E-state index contributed by atoms with van der Waals surface area (Å²) in [6.45, 7) is 2.68. The molecule has 17 heavy (non-hydrogen) atoms. The topological polar surface area (TPSA) is 29.1 Å². The van der Waals surface area contributed by atoms with Gasteiger partial charge in [-0.3, -0.25) is 4.79 Å². The van der Waals surface area contributed by atoms with Gasteiger partial charge in [-0.05, 0) is 36.6 Å². The van der Waals surface area contributed by atoms with Crippen LogP contribution in [0.25, 0.3) is 0 Å². The number of thiophene rings is 1. The lowest BCUT2D eigenvalue weighted by molar-refractivity contribution is 0.0944. The fourth-order valence-electron chi connectivity index (χ4n) is 2.30. The number of nitrogens with one attached hydrogen (secondary N) is 1. The zero-order valence-corrected chi connectivity index (χ0v) is 11.6. The van der Waals surface area contributed by atoms with Crippen molar-refractivity contribution < 1.29 is 4.79 Å². The molecule has 1 aliphatic carbocycles. The van der Waals surface area contributed by atoms with Gasteiger partial charge in [0.1, 0.15) is 0 Å². The van der Waals surface area contributed by atoms with Crippen molar-refractivity contribution in [1.82, 2.24) is 5.32 Å². The molecule has 2 rings (SSSR count). The first-order chi connectivity index (χ1) is 8.18. The van der Waals surface area contributed by atoms with Crippen molar-refractivity contribution in [3.8, 4) is 0 Å². The summed E-state index contributed by atoms with van der Waals surface area (Å²) in [7, 11) is 0. The predicted octanol–water partition coefficient (Wildman–Crippen LogP) is 3.58. The second-order valence-corrected chi connectivity index (χ2v) is 6.04. The summed E-state index contributed by atoms with van der Waals surface area (Å²) >= 11 is 7.84. The number of carbonyl (C=O) groups is 1. The minimum atomic E-state index is 0.0400. The Balaban J connectivity index is 1.86. The summed E-state index contributed by atoms with van der Waals surface area (Å²) in [5, 5.41) is 7.14. The average Bonchev–Trinajstić information content (AvgIpc) is 2.74. The standard InChI is InChI=1S/C13H18ClNOS/c1-9-7-17-8-11(9)13(16)15-6-10-4-2-3-5-12(10)14/h7-8,10,12H,2-6H2,1H3,(H,15,16). The Kier molecular flexibility index (Phi) is 4.46. The number of amides is 1. The van der Waals surface area contributed by atoms with Crippen LogP contribution in [0.15, 0.2) is 10.8 Å². The average molecular weight is 272 g/mol. The van der Waals surface area contributed by atoms with Gasteiger partial charge in [-0.15, -0.1) is 11.6 Å². The Hall–Kier alpha value is -0.540. The third-order valence-electron chi connectivity index (χ3n) is 3.44. The zero-order valence-electron chi connectivity index (χ0n) is 10.0. The van der Waals surface area contributed by atoms with E-state index in [4.69, 9.17) is 11.6 Å². The molecule has 1 amide bonds. The van der Waals surface area contributed by atoms with Gasteiger partial charge < -0.3 is 5.32 Å². The van der Waals surface area contributed by atoms with Crippen LogP contribution in [0.2, 0.25) is 0 Å². The maximum absolute atomic E-state index is 11.9. The van der Waals surface area contributed by atoms with E-state index < -0.39 is 0 Å². The Labute approximate surface area is 111 Å². The van der Waals surface area contributed by atoms with E-state index in [9.17, 15) is 4.79 Å². The molecule has 1 heterocycles. The minimum absolute atomic E-state index is 0.0400. The highest BCUT2D eigenvalue weighted by atomic mass is 35.5. The van der Waals surface area contributed by atoms with Crippen LogP contribution >= 0.6 is 22.9 Å². The predicted molar refractivity (Wildman–Crippen MR) is 73.0 cm³/mol. The van der Waals surface area contributed by atoms with E-state index in [1.54, 1.807) is 11.3 Å². The summed E-state index contributed by atoms with van der Waals surface area (Å²) in [5.41, 5.74) is 1.86. The fourth-order valence-corrected chi connectivity index (χ4v) is 3.50. The lowest BCUT2D eigenvalue weighted by Gasteiger charge is -2.27. The number of alkyl halides is 1. The Morgan fingerprint density at radius 2 is 2.24 bits per heavy atom. The monoisotopic (exact) mass is 271 g/mol. The van der Waals surface area contributed by atoms with Crippen molar-refractivity contribution in [2.75, 3.05) is 6.54 Å².